The van der Waals surface area contributed by atoms with Crippen LogP contribution in [-0.2, 0) is 13.6 Å². The van der Waals surface area contributed by atoms with Crippen molar-refractivity contribution in [3.05, 3.63) is 36.2 Å². The largest absolute Gasteiger partial charge is 0.338 e. The molecule has 8 heteroatoms. The lowest BCUT2D eigenvalue weighted by atomic mass is 10.1. The second-order valence-electron chi connectivity index (χ2n) is 7.27. The van der Waals surface area contributed by atoms with E-state index in [9.17, 15) is 0 Å². The van der Waals surface area contributed by atoms with Crippen LogP contribution in [0.2, 0.25) is 0 Å². The van der Waals surface area contributed by atoms with Gasteiger partial charge in [-0.2, -0.15) is 0 Å². The van der Waals surface area contributed by atoms with Crippen LogP contribution in [0.3, 0.4) is 0 Å². The Kier molecular flexibility index (Phi) is 5.14. The fraction of sp³-hybridized carbons (Fsp3) is 0.611. The number of rotatable bonds is 4. The lowest BCUT2D eigenvalue weighted by Crippen LogP contribution is -2.46. The zero-order valence-corrected chi connectivity index (χ0v) is 15.7. The molecule has 0 aromatic carbocycles. The number of nitrogens with one attached hydrogen (secondary N) is 1. The SMILES string of the molecule is CN1CCN(c2ncc(CN3CCNCC3c3nccn3C)cn2)CC1. The normalized spacial score (nSPS) is 22.7. The van der Waals surface area contributed by atoms with E-state index in [4.69, 9.17) is 0 Å². The highest BCUT2D eigenvalue weighted by atomic mass is 15.3. The van der Waals surface area contributed by atoms with Crippen LogP contribution in [0.15, 0.2) is 24.8 Å². The molecule has 0 spiro atoms. The van der Waals surface area contributed by atoms with Crippen LogP contribution < -0.4 is 10.2 Å². The van der Waals surface area contributed by atoms with E-state index in [2.05, 4.69) is 53.6 Å². The van der Waals surface area contributed by atoms with Crippen molar-refractivity contribution in [3.63, 3.8) is 0 Å². The van der Waals surface area contributed by atoms with Gasteiger partial charge in [0.15, 0.2) is 0 Å². The highest BCUT2D eigenvalue weighted by molar-refractivity contribution is 5.30. The fourth-order valence-electron chi connectivity index (χ4n) is 3.72. The Bertz CT molecular complexity index is 704. The summed E-state index contributed by atoms with van der Waals surface area (Å²) in [5.41, 5.74) is 1.16. The van der Waals surface area contributed by atoms with Gasteiger partial charge in [0.2, 0.25) is 5.95 Å². The Balaban J connectivity index is 1.43. The summed E-state index contributed by atoms with van der Waals surface area (Å²) >= 11 is 0. The molecule has 0 bridgehead atoms. The molecule has 4 heterocycles. The summed E-state index contributed by atoms with van der Waals surface area (Å²) in [5, 5.41) is 3.48. The van der Waals surface area contributed by atoms with Crippen LogP contribution in [0.4, 0.5) is 5.95 Å². The van der Waals surface area contributed by atoms with Crippen LogP contribution in [0, 0.1) is 0 Å². The number of aromatic nitrogens is 4. The maximum Gasteiger partial charge on any atom is 0.225 e. The number of hydrogen-bond acceptors (Lipinski definition) is 7. The van der Waals surface area contributed by atoms with Gasteiger partial charge in [-0.25, -0.2) is 15.0 Å². The van der Waals surface area contributed by atoms with Gasteiger partial charge in [0.1, 0.15) is 5.82 Å². The molecule has 8 nitrogen and oxygen atoms in total. The number of likely N-dealkylation sites (N-methyl/N-ethyl adjacent to an activating group) is 1. The van der Waals surface area contributed by atoms with Crippen molar-refractivity contribution in [2.75, 3.05) is 57.8 Å². The predicted molar refractivity (Wildman–Crippen MR) is 101 cm³/mol. The van der Waals surface area contributed by atoms with E-state index >= 15 is 0 Å². The first-order valence-electron chi connectivity index (χ1n) is 9.37. The summed E-state index contributed by atoms with van der Waals surface area (Å²) in [7, 11) is 4.22. The molecule has 2 fully saturated rings. The Morgan fingerprint density at radius 3 is 2.50 bits per heavy atom. The van der Waals surface area contributed by atoms with Gasteiger partial charge in [0, 0.05) is 89.8 Å². The van der Waals surface area contributed by atoms with Gasteiger partial charge in [-0.3, -0.25) is 4.90 Å². The quantitative estimate of drug-likeness (QED) is 0.834. The third kappa shape index (κ3) is 3.72. The van der Waals surface area contributed by atoms with Gasteiger partial charge in [-0.15, -0.1) is 0 Å². The number of hydrogen-bond donors (Lipinski definition) is 1. The minimum Gasteiger partial charge on any atom is -0.338 e. The lowest BCUT2D eigenvalue weighted by molar-refractivity contribution is 0.144. The van der Waals surface area contributed by atoms with Crippen LogP contribution in [0.25, 0.3) is 0 Å². The highest BCUT2D eigenvalue weighted by Gasteiger charge is 2.27. The molecule has 2 aromatic rings. The van der Waals surface area contributed by atoms with E-state index in [-0.39, 0.29) is 6.04 Å². The Morgan fingerprint density at radius 1 is 1.04 bits per heavy atom. The van der Waals surface area contributed by atoms with Crippen molar-refractivity contribution in [1.29, 1.82) is 0 Å². The van der Waals surface area contributed by atoms with Gasteiger partial charge in [-0.1, -0.05) is 0 Å². The molecular weight excluding hydrogens is 328 g/mol. The predicted octanol–water partition coefficient (Wildman–Crippen LogP) is 0.108. The van der Waals surface area contributed by atoms with Crippen LogP contribution >= 0.6 is 0 Å². The molecular formula is C18H28N8. The topological polar surface area (TPSA) is 65.3 Å². The summed E-state index contributed by atoms with van der Waals surface area (Å²) in [6.07, 6.45) is 7.85. The second kappa shape index (κ2) is 7.69. The maximum atomic E-state index is 4.63. The summed E-state index contributed by atoms with van der Waals surface area (Å²) in [5.74, 6) is 1.95. The lowest BCUT2D eigenvalue weighted by Gasteiger charge is -2.35. The van der Waals surface area contributed by atoms with Crippen molar-refractivity contribution in [1.82, 2.24) is 34.6 Å². The summed E-state index contributed by atoms with van der Waals surface area (Å²) < 4.78 is 2.11. The van der Waals surface area contributed by atoms with E-state index in [1.165, 1.54) is 0 Å². The van der Waals surface area contributed by atoms with E-state index in [0.717, 1.165) is 69.7 Å². The van der Waals surface area contributed by atoms with E-state index in [0.29, 0.717) is 0 Å². The molecule has 0 aliphatic carbocycles. The Hall–Kier alpha value is -2.03. The molecule has 0 amide bonds. The smallest absolute Gasteiger partial charge is 0.225 e. The number of anilines is 1. The van der Waals surface area contributed by atoms with Crippen molar-refractivity contribution >= 4 is 5.95 Å². The van der Waals surface area contributed by atoms with Crippen LogP contribution in [0.1, 0.15) is 17.4 Å². The first-order chi connectivity index (χ1) is 12.7. The van der Waals surface area contributed by atoms with E-state index in [1.54, 1.807) is 0 Å². The molecule has 0 radical (unpaired) electrons. The Morgan fingerprint density at radius 2 is 1.81 bits per heavy atom. The van der Waals surface area contributed by atoms with Gasteiger partial charge >= 0.3 is 0 Å². The number of piperazine rings is 2. The first kappa shape index (κ1) is 17.4. The third-order valence-corrected chi connectivity index (χ3v) is 5.37. The molecule has 26 heavy (non-hydrogen) atoms. The zero-order chi connectivity index (χ0) is 17.9. The van der Waals surface area contributed by atoms with Crippen molar-refractivity contribution < 1.29 is 0 Å². The molecule has 2 aliphatic rings. The summed E-state index contributed by atoms with van der Waals surface area (Å²) in [6.45, 7) is 7.89. The minimum atomic E-state index is 0.279. The van der Waals surface area contributed by atoms with E-state index < -0.39 is 0 Å². The maximum absolute atomic E-state index is 4.63. The zero-order valence-electron chi connectivity index (χ0n) is 15.7. The summed E-state index contributed by atoms with van der Waals surface area (Å²) in [6, 6.07) is 0.279. The average molecular weight is 356 g/mol. The molecule has 1 N–H and O–H groups in total. The molecule has 4 rings (SSSR count). The standard InChI is InChI=1S/C18H28N8/c1-23-7-9-25(10-8-23)18-21-11-15(12-22-18)14-26-6-3-19-13-16(26)17-20-4-5-24(17)2/h4-5,11-12,16,19H,3,6-10,13-14H2,1-2H3. The van der Waals surface area contributed by atoms with Crippen molar-refractivity contribution in [2.45, 2.75) is 12.6 Å². The van der Waals surface area contributed by atoms with Gasteiger partial charge in [-0.05, 0) is 7.05 Å². The molecule has 140 valence electrons. The highest BCUT2D eigenvalue weighted by Crippen LogP contribution is 2.22. The van der Waals surface area contributed by atoms with Gasteiger partial charge in [0.05, 0.1) is 6.04 Å². The molecule has 0 saturated carbocycles. The molecule has 1 atom stereocenters. The number of aryl methyl sites for hydroxylation is 1. The average Bonchev–Trinajstić information content (AvgIpc) is 3.09. The monoisotopic (exact) mass is 356 g/mol. The molecule has 2 aromatic heterocycles. The molecule has 1 unspecified atom stereocenters. The first-order valence-corrected chi connectivity index (χ1v) is 9.37. The van der Waals surface area contributed by atoms with Crippen molar-refractivity contribution in [2.24, 2.45) is 7.05 Å². The summed E-state index contributed by atoms with van der Waals surface area (Å²) in [4.78, 5) is 20.9. The van der Waals surface area contributed by atoms with Crippen LogP contribution in [0.5, 0.6) is 0 Å². The third-order valence-electron chi connectivity index (χ3n) is 5.37. The Labute approximate surface area is 154 Å². The van der Waals surface area contributed by atoms with Gasteiger partial charge < -0.3 is 19.7 Å². The molecule has 2 aliphatic heterocycles. The van der Waals surface area contributed by atoms with Crippen LogP contribution in [-0.4, -0.2) is 82.2 Å². The van der Waals surface area contributed by atoms with Gasteiger partial charge in [0.25, 0.3) is 0 Å². The number of nitrogens with zero attached hydrogens (tertiary/aromatic N) is 7. The second-order valence-corrected chi connectivity index (χ2v) is 7.27. The van der Waals surface area contributed by atoms with Crippen molar-refractivity contribution in [3.8, 4) is 0 Å². The van der Waals surface area contributed by atoms with E-state index in [1.807, 2.05) is 24.8 Å². The minimum absolute atomic E-state index is 0.279. The fourth-order valence-corrected chi connectivity index (χ4v) is 3.72. The molecule has 2 saturated heterocycles. The number of imidazole rings is 1.